The van der Waals surface area contributed by atoms with Crippen LogP contribution in [0.2, 0.25) is 0 Å². The van der Waals surface area contributed by atoms with Gasteiger partial charge in [0, 0.05) is 10.9 Å². The lowest BCUT2D eigenvalue weighted by Crippen LogP contribution is -2.35. The first-order valence-electron chi connectivity index (χ1n) is 6.03. The van der Waals surface area contributed by atoms with Gasteiger partial charge in [0.25, 0.3) is 0 Å². The van der Waals surface area contributed by atoms with E-state index in [0.29, 0.717) is 6.04 Å². The highest BCUT2D eigenvalue weighted by Gasteiger charge is 2.14. The summed E-state index contributed by atoms with van der Waals surface area (Å²) in [4.78, 5) is 1.52. The van der Waals surface area contributed by atoms with E-state index in [1.54, 1.807) is 0 Å². The second kappa shape index (κ2) is 7.02. The smallest absolute Gasteiger partial charge is 0.00959 e. The largest absolute Gasteiger partial charge is 0.314 e. The first kappa shape index (κ1) is 12.7. The van der Waals surface area contributed by atoms with Gasteiger partial charge in [-0.05, 0) is 36.8 Å². The zero-order valence-electron chi connectivity index (χ0n) is 10.1. The first-order chi connectivity index (χ1) is 7.27. The van der Waals surface area contributed by atoms with Gasteiger partial charge in [0.05, 0.1) is 0 Å². The number of aryl methyl sites for hydroxylation is 1. The van der Waals surface area contributed by atoms with Crippen molar-refractivity contribution in [3.05, 3.63) is 22.4 Å². The molecular formula is C13H23NS. The molecular weight excluding hydrogens is 202 g/mol. The number of thiophene rings is 1. The zero-order valence-corrected chi connectivity index (χ0v) is 10.9. The van der Waals surface area contributed by atoms with E-state index in [9.17, 15) is 0 Å². The van der Waals surface area contributed by atoms with Gasteiger partial charge in [-0.15, -0.1) is 11.3 Å². The predicted octanol–water partition coefficient (Wildman–Crippen LogP) is 3.70. The number of hydrogen-bond acceptors (Lipinski definition) is 2. The fraction of sp³-hybridized carbons (Fsp3) is 0.692. The van der Waals surface area contributed by atoms with Crippen LogP contribution in [0.5, 0.6) is 0 Å². The summed E-state index contributed by atoms with van der Waals surface area (Å²) in [6, 6.07) is 5.07. The fourth-order valence-electron chi connectivity index (χ4n) is 1.89. The lowest BCUT2D eigenvalue weighted by molar-refractivity contribution is 0.355. The average molecular weight is 225 g/mol. The van der Waals surface area contributed by atoms with Gasteiger partial charge < -0.3 is 5.32 Å². The molecule has 1 N–H and O–H groups in total. The van der Waals surface area contributed by atoms with Crippen LogP contribution in [0.3, 0.4) is 0 Å². The Balaban J connectivity index is 2.37. The summed E-state index contributed by atoms with van der Waals surface area (Å²) in [5.41, 5.74) is 0. The van der Waals surface area contributed by atoms with Crippen molar-refractivity contribution in [1.29, 1.82) is 0 Å². The second-order valence-corrected chi connectivity index (χ2v) is 5.20. The molecule has 2 unspecified atom stereocenters. The molecule has 0 aromatic carbocycles. The molecule has 86 valence electrons. The fourth-order valence-corrected chi connectivity index (χ4v) is 2.61. The summed E-state index contributed by atoms with van der Waals surface area (Å²) in [5.74, 6) is 0.782. The maximum Gasteiger partial charge on any atom is 0.00959 e. The molecule has 0 fully saturated rings. The van der Waals surface area contributed by atoms with E-state index in [2.05, 4.69) is 43.6 Å². The molecule has 2 atom stereocenters. The Morgan fingerprint density at radius 2 is 2.20 bits per heavy atom. The highest BCUT2D eigenvalue weighted by atomic mass is 32.1. The highest BCUT2D eigenvalue weighted by Crippen LogP contribution is 2.17. The third-order valence-electron chi connectivity index (χ3n) is 3.08. The van der Waals surface area contributed by atoms with Gasteiger partial charge in [-0.3, -0.25) is 0 Å². The van der Waals surface area contributed by atoms with E-state index in [1.807, 2.05) is 11.3 Å². The van der Waals surface area contributed by atoms with E-state index in [-0.39, 0.29) is 0 Å². The van der Waals surface area contributed by atoms with Gasteiger partial charge in [0.15, 0.2) is 0 Å². The SMILES string of the molecule is CCNC(CCc1cccs1)C(C)CC. The van der Waals surface area contributed by atoms with Gasteiger partial charge in [-0.1, -0.05) is 33.3 Å². The van der Waals surface area contributed by atoms with E-state index in [0.717, 1.165) is 12.5 Å². The summed E-state index contributed by atoms with van der Waals surface area (Å²) >= 11 is 1.87. The van der Waals surface area contributed by atoms with Gasteiger partial charge in [0.2, 0.25) is 0 Å². The van der Waals surface area contributed by atoms with Crippen LogP contribution in [0.15, 0.2) is 17.5 Å². The van der Waals surface area contributed by atoms with E-state index < -0.39 is 0 Å². The van der Waals surface area contributed by atoms with Crippen LogP contribution in [-0.2, 0) is 6.42 Å². The maximum atomic E-state index is 3.60. The monoisotopic (exact) mass is 225 g/mol. The van der Waals surface area contributed by atoms with Crippen LogP contribution >= 0.6 is 11.3 Å². The summed E-state index contributed by atoms with van der Waals surface area (Å²) < 4.78 is 0. The molecule has 0 aliphatic carbocycles. The number of hydrogen-bond donors (Lipinski definition) is 1. The summed E-state index contributed by atoms with van der Waals surface area (Å²) in [6.07, 6.45) is 3.76. The zero-order chi connectivity index (χ0) is 11.1. The molecule has 0 aliphatic rings. The van der Waals surface area contributed by atoms with Crippen LogP contribution in [0.4, 0.5) is 0 Å². The molecule has 0 bridgehead atoms. The minimum Gasteiger partial charge on any atom is -0.314 e. The Kier molecular flexibility index (Phi) is 5.96. The Bertz CT molecular complexity index is 243. The van der Waals surface area contributed by atoms with Crippen molar-refractivity contribution in [2.24, 2.45) is 5.92 Å². The van der Waals surface area contributed by atoms with Crippen LogP contribution in [0.25, 0.3) is 0 Å². The van der Waals surface area contributed by atoms with Crippen molar-refractivity contribution in [2.45, 2.75) is 46.1 Å². The number of nitrogens with one attached hydrogen (secondary N) is 1. The van der Waals surface area contributed by atoms with Crippen molar-refractivity contribution in [3.63, 3.8) is 0 Å². The highest BCUT2D eigenvalue weighted by molar-refractivity contribution is 7.09. The van der Waals surface area contributed by atoms with E-state index >= 15 is 0 Å². The molecule has 1 aromatic rings. The van der Waals surface area contributed by atoms with Crippen LogP contribution < -0.4 is 5.32 Å². The van der Waals surface area contributed by atoms with Crippen LogP contribution in [-0.4, -0.2) is 12.6 Å². The third kappa shape index (κ3) is 4.35. The minimum absolute atomic E-state index is 0.682. The predicted molar refractivity (Wildman–Crippen MR) is 69.6 cm³/mol. The van der Waals surface area contributed by atoms with Crippen LogP contribution in [0, 0.1) is 5.92 Å². The lowest BCUT2D eigenvalue weighted by Gasteiger charge is -2.23. The molecule has 0 spiro atoms. The first-order valence-corrected chi connectivity index (χ1v) is 6.91. The molecule has 15 heavy (non-hydrogen) atoms. The minimum atomic E-state index is 0.682. The molecule has 0 amide bonds. The molecule has 1 heterocycles. The summed E-state index contributed by atoms with van der Waals surface area (Å²) in [6.45, 7) is 7.90. The van der Waals surface area contributed by atoms with Crippen molar-refractivity contribution in [2.75, 3.05) is 6.54 Å². The quantitative estimate of drug-likeness (QED) is 0.746. The standard InChI is InChI=1S/C13H23NS/c1-4-11(3)13(14-5-2)9-8-12-7-6-10-15-12/h6-7,10-11,13-14H,4-5,8-9H2,1-3H3. The molecule has 0 saturated heterocycles. The Morgan fingerprint density at radius 3 is 2.73 bits per heavy atom. The molecule has 2 heteroatoms. The van der Waals surface area contributed by atoms with Gasteiger partial charge in [-0.2, -0.15) is 0 Å². The van der Waals surface area contributed by atoms with Crippen molar-refractivity contribution in [3.8, 4) is 0 Å². The molecule has 1 aromatic heterocycles. The lowest BCUT2D eigenvalue weighted by atomic mass is 9.95. The Labute approximate surface area is 97.9 Å². The molecule has 0 radical (unpaired) electrons. The van der Waals surface area contributed by atoms with Crippen molar-refractivity contribution in [1.82, 2.24) is 5.32 Å². The Morgan fingerprint density at radius 1 is 1.40 bits per heavy atom. The van der Waals surface area contributed by atoms with Gasteiger partial charge in [0.1, 0.15) is 0 Å². The van der Waals surface area contributed by atoms with Gasteiger partial charge >= 0.3 is 0 Å². The van der Waals surface area contributed by atoms with Crippen molar-refractivity contribution < 1.29 is 0 Å². The Hall–Kier alpha value is -0.340. The summed E-state index contributed by atoms with van der Waals surface area (Å²) in [7, 11) is 0. The van der Waals surface area contributed by atoms with E-state index in [4.69, 9.17) is 0 Å². The molecule has 1 rings (SSSR count). The normalized spacial score (nSPS) is 15.1. The molecule has 0 saturated carbocycles. The van der Waals surface area contributed by atoms with E-state index in [1.165, 1.54) is 24.1 Å². The number of rotatable bonds is 7. The second-order valence-electron chi connectivity index (χ2n) is 4.17. The maximum absolute atomic E-state index is 3.60. The molecule has 1 nitrogen and oxygen atoms in total. The van der Waals surface area contributed by atoms with Crippen LogP contribution in [0.1, 0.15) is 38.5 Å². The van der Waals surface area contributed by atoms with Crippen molar-refractivity contribution >= 4 is 11.3 Å². The third-order valence-corrected chi connectivity index (χ3v) is 4.02. The summed E-state index contributed by atoms with van der Waals surface area (Å²) in [5, 5.41) is 5.77. The topological polar surface area (TPSA) is 12.0 Å². The average Bonchev–Trinajstić information content (AvgIpc) is 2.76. The molecule has 0 aliphatic heterocycles. The van der Waals surface area contributed by atoms with Gasteiger partial charge in [-0.25, -0.2) is 0 Å².